The number of halogens is 2. The van der Waals surface area contributed by atoms with Crippen LogP contribution in [0.15, 0.2) is 51.4 Å². The fraction of sp³-hybridized carbons (Fsp3) is 0. The second kappa shape index (κ2) is 4.52. The SMILES string of the molecule is Brc1ccc(Br)c(-c2nc3ccccc3s2)c1. The van der Waals surface area contributed by atoms with Crippen molar-refractivity contribution < 1.29 is 0 Å². The van der Waals surface area contributed by atoms with Crippen molar-refractivity contribution in [1.29, 1.82) is 0 Å². The van der Waals surface area contributed by atoms with E-state index in [9.17, 15) is 0 Å². The predicted molar refractivity (Wildman–Crippen MR) is 80.5 cm³/mol. The van der Waals surface area contributed by atoms with Gasteiger partial charge in [0.15, 0.2) is 0 Å². The highest BCUT2D eigenvalue weighted by Crippen LogP contribution is 2.35. The molecule has 0 N–H and O–H groups in total. The number of hydrogen-bond acceptors (Lipinski definition) is 2. The number of benzene rings is 2. The predicted octanol–water partition coefficient (Wildman–Crippen LogP) is 5.49. The maximum Gasteiger partial charge on any atom is 0.125 e. The molecule has 17 heavy (non-hydrogen) atoms. The van der Waals surface area contributed by atoms with E-state index in [1.54, 1.807) is 11.3 Å². The summed E-state index contributed by atoms with van der Waals surface area (Å²) in [4.78, 5) is 4.65. The molecule has 1 nitrogen and oxygen atoms in total. The van der Waals surface area contributed by atoms with E-state index >= 15 is 0 Å². The monoisotopic (exact) mass is 367 g/mol. The van der Waals surface area contributed by atoms with E-state index in [1.807, 2.05) is 30.3 Å². The van der Waals surface area contributed by atoms with Gasteiger partial charge in [0, 0.05) is 14.5 Å². The summed E-state index contributed by atoms with van der Waals surface area (Å²) in [7, 11) is 0. The highest BCUT2D eigenvalue weighted by atomic mass is 79.9. The summed E-state index contributed by atoms with van der Waals surface area (Å²) in [6, 6.07) is 14.3. The first-order valence-electron chi connectivity index (χ1n) is 5.05. The van der Waals surface area contributed by atoms with Crippen molar-refractivity contribution in [3.05, 3.63) is 51.4 Å². The van der Waals surface area contributed by atoms with Crippen molar-refractivity contribution in [1.82, 2.24) is 4.98 Å². The number of aromatic nitrogens is 1. The van der Waals surface area contributed by atoms with Gasteiger partial charge in [-0.25, -0.2) is 4.98 Å². The van der Waals surface area contributed by atoms with E-state index < -0.39 is 0 Å². The van der Waals surface area contributed by atoms with Crippen LogP contribution < -0.4 is 0 Å². The summed E-state index contributed by atoms with van der Waals surface area (Å²) >= 11 is 8.77. The zero-order chi connectivity index (χ0) is 11.8. The maximum absolute atomic E-state index is 4.65. The molecule has 4 heteroatoms. The summed E-state index contributed by atoms with van der Waals surface area (Å²) in [6.07, 6.45) is 0. The molecule has 0 atom stereocenters. The first kappa shape index (κ1) is 11.4. The topological polar surface area (TPSA) is 12.9 Å². The Balaban J connectivity index is 2.23. The highest BCUT2D eigenvalue weighted by molar-refractivity contribution is 9.11. The molecule has 0 radical (unpaired) electrons. The normalized spacial score (nSPS) is 10.9. The molecule has 3 aromatic rings. The third-order valence-corrected chi connectivity index (χ3v) is 4.71. The summed E-state index contributed by atoms with van der Waals surface area (Å²) in [6.45, 7) is 0. The van der Waals surface area contributed by atoms with Crippen LogP contribution in [0.3, 0.4) is 0 Å². The van der Waals surface area contributed by atoms with Gasteiger partial charge in [-0.15, -0.1) is 11.3 Å². The Morgan fingerprint density at radius 1 is 1.00 bits per heavy atom. The average Bonchev–Trinajstić information content (AvgIpc) is 2.75. The van der Waals surface area contributed by atoms with E-state index in [-0.39, 0.29) is 0 Å². The molecular weight excluding hydrogens is 362 g/mol. The first-order valence-corrected chi connectivity index (χ1v) is 7.45. The van der Waals surface area contributed by atoms with Crippen LogP contribution in [0.1, 0.15) is 0 Å². The average molecular weight is 369 g/mol. The van der Waals surface area contributed by atoms with Crippen LogP contribution in [0.5, 0.6) is 0 Å². The van der Waals surface area contributed by atoms with E-state index in [1.165, 1.54) is 4.70 Å². The molecule has 1 aromatic heterocycles. The van der Waals surface area contributed by atoms with Crippen LogP contribution in [0.2, 0.25) is 0 Å². The molecule has 0 aliphatic rings. The molecule has 0 fully saturated rings. The minimum absolute atomic E-state index is 1.04. The van der Waals surface area contributed by atoms with E-state index in [2.05, 4.69) is 49.0 Å². The molecule has 0 aliphatic heterocycles. The van der Waals surface area contributed by atoms with Crippen molar-refractivity contribution in [3.8, 4) is 10.6 Å². The van der Waals surface area contributed by atoms with Crippen molar-refractivity contribution >= 4 is 53.4 Å². The number of thiazole rings is 1. The van der Waals surface area contributed by atoms with Crippen molar-refractivity contribution in [3.63, 3.8) is 0 Å². The van der Waals surface area contributed by atoms with Gasteiger partial charge in [0.1, 0.15) is 5.01 Å². The Kier molecular flexibility index (Phi) is 3.03. The largest absolute Gasteiger partial charge is 0.236 e. The second-order valence-electron chi connectivity index (χ2n) is 3.61. The minimum atomic E-state index is 1.04. The molecule has 0 amide bonds. The van der Waals surface area contributed by atoms with Crippen molar-refractivity contribution in [2.45, 2.75) is 0 Å². The Morgan fingerprint density at radius 2 is 1.82 bits per heavy atom. The van der Waals surface area contributed by atoms with Gasteiger partial charge in [-0.3, -0.25) is 0 Å². The van der Waals surface area contributed by atoms with Crippen LogP contribution in [0, 0.1) is 0 Å². The van der Waals surface area contributed by atoms with Crippen molar-refractivity contribution in [2.75, 3.05) is 0 Å². The van der Waals surface area contributed by atoms with Crippen LogP contribution in [0.4, 0.5) is 0 Å². The zero-order valence-electron chi connectivity index (χ0n) is 8.65. The fourth-order valence-corrected chi connectivity index (χ4v) is 3.57. The zero-order valence-corrected chi connectivity index (χ0v) is 12.6. The third-order valence-electron chi connectivity index (χ3n) is 2.45. The van der Waals surface area contributed by atoms with Gasteiger partial charge >= 0.3 is 0 Å². The maximum atomic E-state index is 4.65. The van der Waals surface area contributed by atoms with E-state index in [4.69, 9.17) is 0 Å². The van der Waals surface area contributed by atoms with E-state index in [0.29, 0.717) is 0 Å². The molecule has 0 bridgehead atoms. The molecule has 0 saturated heterocycles. The molecule has 0 saturated carbocycles. The minimum Gasteiger partial charge on any atom is -0.236 e. The van der Waals surface area contributed by atoms with Gasteiger partial charge in [0.25, 0.3) is 0 Å². The standard InChI is InChI=1S/C13H7Br2NS/c14-8-5-6-10(15)9(7-8)13-16-11-3-1-2-4-12(11)17-13/h1-7H. The van der Waals surface area contributed by atoms with Gasteiger partial charge in [-0.05, 0) is 30.3 Å². The van der Waals surface area contributed by atoms with Crippen LogP contribution in [-0.4, -0.2) is 4.98 Å². The summed E-state index contributed by atoms with van der Waals surface area (Å²) in [5, 5.41) is 1.04. The quantitative estimate of drug-likeness (QED) is 0.553. The lowest BCUT2D eigenvalue weighted by Gasteiger charge is -2.00. The molecule has 0 spiro atoms. The number of rotatable bonds is 1. The molecule has 84 valence electrons. The molecule has 0 aliphatic carbocycles. The van der Waals surface area contributed by atoms with Gasteiger partial charge in [0.05, 0.1) is 10.2 Å². The smallest absolute Gasteiger partial charge is 0.125 e. The van der Waals surface area contributed by atoms with Crippen molar-refractivity contribution in [2.24, 2.45) is 0 Å². The van der Waals surface area contributed by atoms with Gasteiger partial charge in [-0.2, -0.15) is 0 Å². The fourth-order valence-electron chi connectivity index (χ4n) is 1.65. The Hall–Kier alpha value is -0.710. The van der Waals surface area contributed by atoms with Gasteiger partial charge < -0.3 is 0 Å². The Bertz CT molecular complexity index is 658. The lowest BCUT2D eigenvalue weighted by molar-refractivity contribution is 1.46. The van der Waals surface area contributed by atoms with Crippen LogP contribution >= 0.6 is 43.2 Å². The molecular formula is C13H7Br2NS. The highest BCUT2D eigenvalue weighted by Gasteiger charge is 2.09. The molecule has 3 rings (SSSR count). The lowest BCUT2D eigenvalue weighted by Crippen LogP contribution is -1.78. The Morgan fingerprint density at radius 3 is 2.65 bits per heavy atom. The number of fused-ring (bicyclic) bond motifs is 1. The second-order valence-corrected chi connectivity index (χ2v) is 6.41. The van der Waals surface area contributed by atoms with Gasteiger partial charge in [-0.1, -0.05) is 44.0 Å². The van der Waals surface area contributed by atoms with Crippen LogP contribution in [0.25, 0.3) is 20.8 Å². The Labute approximate surface area is 120 Å². The van der Waals surface area contributed by atoms with Gasteiger partial charge in [0.2, 0.25) is 0 Å². The summed E-state index contributed by atoms with van der Waals surface area (Å²) < 4.78 is 3.35. The van der Waals surface area contributed by atoms with E-state index in [0.717, 1.165) is 25.0 Å². The summed E-state index contributed by atoms with van der Waals surface area (Å²) in [5.74, 6) is 0. The summed E-state index contributed by atoms with van der Waals surface area (Å²) in [5.41, 5.74) is 2.18. The van der Waals surface area contributed by atoms with Crippen LogP contribution in [-0.2, 0) is 0 Å². The molecule has 2 aromatic carbocycles. The number of hydrogen-bond donors (Lipinski definition) is 0. The lowest BCUT2D eigenvalue weighted by atomic mass is 10.2. The number of para-hydroxylation sites is 1. The first-order chi connectivity index (χ1) is 8.24. The molecule has 0 unspecified atom stereocenters. The molecule has 1 heterocycles. The number of nitrogens with zero attached hydrogens (tertiary/aromatic N) is 1. The third kappa shape index (κ3) is 2.17.